The Labute approximate surface area is 72.9 Å². The number of carboxylic acid groups (broad SMARTS) is 1. The van der Waals surface area contributed by atoms with Gasteiger partial charge in [0.05, 0.1) is 5.56 Å². The van der Waals surface area contributed by atoms with Gasteiger partial charge >= 0.3 is 5.97 Å². The van der Waals surface area contributed by atoms with E-state index in [1.165, 1.54) is 0 Å². The van der Waals surface area contributed by atoms with E-state index in [1.807, 2.05) is 0 Å². The standard InChI is InChI=1S/C8H6O5/c9-3-4-1-5(8(12)13)7(11)2-6(4)10/h1-3,10-11H,(H,12,13). The van der Waals surface area contributed by atoms with E-state index in [0.717, 1.165) is 12.1 Å². The minimum Gasteiger partial charge on any atom is -0.507 e. The molecule has 0 fully saturated rings. The molecule has 0 unspecified atom stereocenters. The van der Waals surface area contributed by atoms with Crippen molar-refractivity contribution in [1.82, 2.24) is 0 Å². The van der Waals surface area contributed by atoms with E-state index in [0.29, 0.717) is 6.29 Å². The Bertz CT molecular complexity index is 369. The van der Waals surface area contributed by atoms with Gasteiger partial charge < -0.3 is 15.3 Å². The molecule has 3 N–H and O–H groups in total. The van der Waals surface area contributed by atoms with Crippen molar-refractivity contribution in [2.45, 2.75) is 0 Å². The van der Waals surface area contributed by atoms with Gasteiger partial charge in [-0.25, -0.2) is 4.79 Å². The Kier molecular flexibility index (Phi) is 2.19. The van der Waals surface area contributed by atoms with E-state index < -0.39 is 23.0 Å². The van der Waals surface area contributed by atoms with Crippen LogP contribution in [0.2, 0.25) is 0 Å². The number of carbonyl (C=O) groups excluding carboxylic acids is 1. The summed E-state index contributed by atoms with van der Waals surface area (Å²) in [6.45, 7) is 0. The molecule has 0 aliphatic rings. The third kappa shape index (κ3) is 1.58. The van der Waals surface area contributed by atoms with Gasteiger partial charge in [0.1, 0.15) is 17.1 Å². The highest BCUT2D eigenvalue weighted by molar-refractivity contribution is 5.94. The predicted octanol–water partition coefficient (Wildman–Crippen LogP) is 0.608. The Morgan fingerprint density at radius 1 is 1.23 bits per heavy atom. The van der Waals surface area contributed by atoms with Gasteiger partial charge in [-0.05, 0) is 6.07 Å². The molecule has 0 aliphatic heterocycles. The number of phenolic OH excluding ortho intramolecular Hbond substituents is 1. The number of phenols is 2. The molecule has 0 bridgehead atoms. The number of rotatable bonds is 2. The van der Waals surface area contributed by atoms with Crippen molar-refractivity contribution < 1.29 is 24.9 Å². The van der Waals surface area contributed by atoms with Crippen molar-refractivity contribution in [2.24, 2.45) is 0 Å². The van der Waals surface area contributed by atoms with Crippen LogP contribution in [0.5, 0.6) is 11.5 Å². The van der Waals surface area contributed by atoms with Crippen molar-refractivity contribution >= 4 is 12.3 Å². The molecular weight excluding hydrogens is 176 g/mol. The number of aromatic carboxylic acids is 1. The zero-order valence-corrected chi connectivity index (χ0v) is 6.39. The van der Waals surface area contributed by atoms with E-state index in [2.05, 4.69) is 0 Å². The molecule has 0 radical (unpaired) electrons. The third-order valence-electron chi connectivity index (χ3n) is 1.50. The lowest BCUT2D eigenvalue weighted by Gasteiger charge is -2.01. The zero-order chi connectivity index (χ0) is 10.0. The third-order valence-corrected chi connectivity index (χ3v) is 1.50. The number of hydrogen-bond donors (Lipinski definition) is 3. The Hall–Kier alpha value is -2.04. The molecule has 0 aliphatic carbocycles. The average Bonchev–Trinajstić information content (AvgIpc) is 2.03. The Morgan fingerprint density at radius 2 is 1.85 bits per heavy atom. The first kappa shape index (κ1) is 9.05. The van der Waals surface area contributed by atoms with Crippen molar-refractivity contribution in [3.05, 3.63) is 23.3 Å². The summed E-state index contributed by atoms with van der Waals surface area (Å²) in [6, 6.07) is 1.72. The highest BCUT2D eigenvalue weighted by Crippen LogP contribution is 2.25. The van der Waals surface area contributed by atoms with Crippen LogP contribution in [0.3, 0.4) is 0 Å². The summed E-state index contributed by atoms with van der Waals surface area (Å²) >= 11 is 0. The number of hydrogen-bond acceptors (Lipinski definition) is 4. The van der Waals surface area contributed by atoms with E-state index in [4.69, 9.17) is 15.3 Å². The molecule has 1 aromatic rings. The smallest absolute Gasteiger partial charge is 0.339 e. The molecule has 0 amide bonds. The van der Waals surface area contributed by atoms with Gasteiger partial charge in [0.2, 0.25) is 0 Å². The van der Waals surface area contributed by atoms with Gasteiger partial charge in [-0.3, -0.25) is 4.79 Å². The number of carbonyl (C=O) groups is 2. The monoisotopic (exact) mass is 182 g/mol. The molecule has 0 atom stereocenters. The number of carboxylic acids is 1. The molecule has 5 nitrogen and oxygen atoms in total. The minimum absolute atomic E-state index is 0.171. The van der Waals surface area contributed by atoms with Crippen LogP contribution >= 0.6 is 0 Å². The van der Waals surface area contributed by atoms with Gasteiger partial charge in [-0.1, -0.05) is 0 Å². The molecule has 13 heavy (non-hydrogen) atoms. The lowest BCUT2D eigenvalue weighted by Crippen LogP contribution is -1.98. The maximum absolute atomic E-state index is 10.4. The molecule has 0 spiro atoms. The summed E-state index contributed by atoms with van der Waals surface area (Å²) in [4.78, 5) is 20.7. The quantitative estimate of drug-likeness (QED) is 0.582. The lowest BCUT2D eigenvalue weighted by molar-refractivity contribution is 0.0693. The molecular formula is C8H6O5. The molecule has 0 saturated carbocycles. The van der Waals surface area contributed by atoms with Crippen molar-refractivity contribution in [2.75, 3.05) is 0 Å². The van der Waals surface area contributed by atoms with Crippen LogP contribution in [0.1, 0.15) is 20.7 Å². The van der Waals surface area contributed by atoms with Gasteiger partial charge in [-0.2, -0.15) is 0 Å². The largest absolute Gasteiger partial charge is 0.507 e. The first-order valence-electron chi connectivity index (χ1n) is 3.30. The van der Waals surface area contributed by atoms with Crippen LogP contribution in [0.25, 0.3) is 0 Å². The second kappa shape index (κ2) is 3.14. The highest BCUT2D eigenvalue weighted by Gasteiger charge is 2.13. The van der Waals surface area contributed by atoms with Crippen LogP contribution in [-0.4, -0.2) is 27.6 Å². The average molecular weight is 182 g/mol. The van der Waals surface area contributed by atoms with Crippen molar-refractivity contribution in [3.63, 3.8) is 0 Å². The van der Waals surface area contributed by atoms with Gasteiger partial charge in [-0.15, -0.1) is 0 Å². The van der Waals surface area contributed by atoms with Crippen LogP contribution < -0.4 is 0 Å². The highest BCUT2D eigenvalue weighted by atomic mass is 16.4. The maximum atomic E-state index is 10.4. The summed E-state index contributed by atoms with van der Waals surface area (Å²) < 4.78 is 0. The van der Waals surface area contributed by atoms with E-state index in [-0.39, 0.29) is 5.56 Å². The first-order chi connectivity index (χ1) is 6.06. The van der Waals surface area contributed by atoms with Crippen LogP contribution in [-0.2, 0) is 0 Å². The molecule has 0 heterocycles. The minimum atomic E-state index is -1.36. The molecule has 0 aromatic heterocycles. The summed E-state index contributed by atoms with van der Waals surface area (Å²) in [5, 5.41) is 26.6. The summed E-state index contributed by atoms with van der Waals surface area (Å²) in [5.41, 5.74) is -0.588. The zero-order valence-electron chi connectivity index (χ0n) is 6.39. The maximum Gasteiger partial charge on any atom is 0.339 e. The molecule has 5 heteroatoms. The predicted molar refractivity (Wildman–Crippen MR) is 42.1 cm³/mol. The second-order valence-corrected chi connectivity index (χ2v) is 2.35. The normalized spacial score (nSPS) is 9.54. The number of aromatic hydroxyl groups is 2. The summed E-state index contributed by atoms with van der Waals surface area (Å²) in [6.07, 6.45) is 0.307. The number of aldehydes is 1. The first-order valence-corrected chi connectivity index (χ1v) is 3.30. The van der Waals surface area contributed by atoms with Gasteiger partial charge in [0.15, 0.2) is 6.29 Å². The Morgan fingerprint density at radius 3 is 2.31 bits per heavy atom. The summed E-state index contributed by atoms with van der Waals surface area (Å²) in [7, 11) is 0. The summed E-state index contributed by atoms with van der Waals surface area (Å²) in [5.74, 6) is -2.38. The molecule has 0 saturated heterocycles. The molecule has 1 rings (SSSR count). The van der Waals surface area contributed by atoms with Crippen molar-refractivity contribution in [3.8, 4) is 11.5 Å². The van der Waals surface area contributed by atoms with Crippen LogP contribution in [0.15, 0.2) is 12.1 Å². The SMILES string of the molecule is O=Cc1cc(C(=O)O)c(O)cc1O. The van der Waals surface area contributed by atoms with E-state index in [9.17, 15) is 9.59 Å². The second-order valence-electron chi connectivity index (χ2n) is 2.35. The Balaban J connectivity index is 3.38. The van der Waals surface area contributed by atoms with Crippen LogP contribution in [0, 0.1) is 0 Å². The van der Waals surface area contributed by atoms with E-state index in [1.54, 1.807) is 0 Å². The van der Waals surface area contributed by atoms with Gasteiger partial charge in [0.25, 0.3) is 0 Å². The fourth-order valence-electron chi connectivity index (χ4n) is 0.860. The fraction of sp³-hybridized carbons (Fsp3) is 0. The van der Waals surface area contributed by atoms with Gasteiger partial charge in [0, 0.05) is 6.07 Å². The lowest BCUT2D eigenvalue weighted by atomic mass is 10.1. The number of benzene rings is 1. The topological polar surface area (TPSA) is 94.8 Å². The fourth-order valence-corrected chi connectivity index (χ4v) is 0.860. The van der Waals surface area contributed by atoms with Crippen LogP contribution in [0.4, 0.5) is 0 Å². The molecule has 68 valence electrons. The van der Waals surface area contributed by atoms with E-state index >= 15 is 0 Å². The van der Waals surface area contributed by atoms with Crippen molar-refractivity contribution in [1.29, 1.82) is 0 Å². The molecule has 1 aromatic carbocycles.